The Morgan fingerprint density at radius 2 is 0.750 bits per heavy atom. The smallest absolute Gasteiger partial charge is 0.166 e. The quantitative estimate of drug-likeness (QED) is 0.209. The summed E-state index contributed by atoms with van der Waals surface area (Å²) in [5, 5.41) is 2.15. The van der Waals surface area contributed by atoms with Gasteiger partial charge in [0.25, 0.3) is 0 Å². The molecule has 3 aromatic heterocycles. The first kappa shape index (κ1) is 25.6. The van der Waals surface area contributed by atoms with Crippen molar-refractivity contribution >= 4 is 21.8 Å². The highest BCUT2D eigenvalue weighted by Crippen LogP contribution is 2.32. The first-order valence-electron chi connectivity index (χ1n) is 14.5. The van der Waals surface area contributed by atoms with Crippen LogP contribution in [0, 0.1) is 0 Å². The van der Waals surface area contributed by atoms with Gasteiger partial charge in [-0.15, -0.1) is 0 Å². The van der Waals surface area contributed by atoms with Gasteiger partial charge in [-0.05, 0) is 34.9 Å². The van der Waals surface area contributed by atoms with Crippen molar-refractivity contribution in [1.29, 1.82) is 0 Å². The van der Waals surface area contributed by atoms with Crippen LogP contribution in [0.15, 0.2) is 152 Å². The topological polar surface area (TPSA) is 64.5 Å². The van der Waals surface area contributed by atoms with Gasteiger partial charge in [0, 0.05) is 45.4 Å². The average molecular weight is 564 g/mol. The molecule has 44 heavy (non-hydrogen) atoms. The highest BCUT2D eigenvalue weighted by molar-refractivity contribution is 5.94. The van der Waals surface area contributed by atoms with E-state index in [2.05, 4.69) is 107 Å². The van der Waals surface area contributed by atoms with Crippen LogP contribution in [0.25, 0.3) is 78.2 Å². The van der Waals surface area contributed by atoms with E-state index in [1.165, 1.54) is 5.56 Å². The summed E-state index contributed by atoms with van der Waals surface area (Å²) in [7, 11) is 0. The van der Waals surface area contributed by atoms with Crippen molar-refractivity contribution in [3.8, 4) is 56.4 Å². The Morgan fingerprint density at radius 1 is 0.295 bits per heavy atom. The number of rotatable bonds is 5. The first-order valence-corrected chi connectivity index (χ1v) is 14.5. The molecule has 5 nitrogen and oxygen atoms in total. The average Bonchev–Trinajstić information content (AvgIpc) is 3.11. The van der Waals surface area contributed by atoms with Gasteiger partial charge in [0.1, 0.15) is 0 Å². The lowest BCUT2D eigenvalue weighted by atomic mass is 10.0. The van der Waals surface area contributed by atoms with E-state index in [0.29, 0.717) is 17.5 Å². The Balaban J connectivity index is 1.25. The Bertz CT molecular complexity index is 2250. The van der Waals surface area contributed by atoms with E-state index < -0.39 is 0 Å². The van der Waals surface area contributed by atoms with Crippen molar-refractivity contribution in [2.75, 3.05) is 0 Å². The van der Waals surface area contributed by atoms with E-state index in [9.17, 15) is 0 Å². The molecular weight excluding hydrogens is 538 g/mol. The van der Waals surface area contributed by atoms with E-state index in [1.54, 1.807) is 6.20 Å². The summed E-state index contributed by atoms with van der Waals surface area (Å²) >= 11 is 0. The van der Waals surface area contributed by atoms with E-state index >= 15 is 0 Å². The van der Waals surface area contributed by atoms with Crippen LogP contribution < -0.4 is 0 Å². The molecule has 0 bridgehead atoms. The fourth-order valence-electron chi connectivity index (χ4n) is 5.62. The molecule has 3 heterocycles. The summed E-state index contributed by atoms with van der Waals surface area (Å²) in [4.78, 5) is 24.3. The van der Waals surface area contributed by atoms with Crippen LogP contribution in [0.1, 0.15) is 0 Å². The Labute approximate surface area is 254 Å². The fraction of sp³-hybridized carbons (Fsp3) is 0. The zero-order valence-electron chi connectivity index (χ0n) is 23.7. The first-order chi connectivity index (χ1) is 21.8. The normalized spacial score (nSPS) is 11.2. The number of hydrogen-bond donors (Lipinski definition) is 0. The second-order valence-corrected chi connectivity index (χ2v) is 10.6. The Morgan fingerprint density at radius 3 is 1.36 bits per heavy atom. The predicted octanol–water partition coefficient (Wildman–Crippen LogP) is 9.30. The molecule has 206 valence electrons. The number of nitrogens with zero attached hydrogens (tertiary/aromatic N) is 5. The molecule has 5 aromatic carbocycles. The third kappa shape index (κ3) is 4.76. The van der Waals surface area contributed by atoms with Crippen LogP contribution >= 0.6 is 0 Å². The molecule has 0 aliphatic carbocycles. The van der Waals surface area contributed by atoms with Gasteiger partial charge >= 0.3 is 0 Å². The molecule has 0 atom stereocenters. The van der Waals surface area contributed by atoms with Crippen LogP contribution in [0.2, 0.25) is 0 Å². The molecule has 0 saturated carbocycles. The lowest BCUT2D eigenvalue weighted by Crippen LogP contribution is -2.01. The molecule has 0 aliphatic heterocycles. The number of para-hydroxylation sites is 2. The minimum absolute atomic E-state index is 0.587. The van der Waals surface area contributed by atoms with Crippen molar-refractivity contribution in [1.82, 2.24) is 24.9 Å². The van der Waals surface area contributed by atoms with Gasteiger partial charge in [0.05, 0.1) is 11.0 Å². The van der Waals surface area contributed by atoms with Gasteiger partial charge < -0.3 is 0 Å². The summed E-state index contributed by atoms with van der Waals surface area (Å²) in [6, 6.07) is 47.5. The van der Waals surface area contributed by atoms with Crippen LogP contribution in [0.5, 0.6) is 0 Å². The third-order valence-corrected chi connectivity index (χ3v) is 7.85. The number of benzene rings is 5. The number of pyridine rings is 2. The van der Waals surface area contributed by atoms with E-state index in [1.807, 2.05) is 48.7 Å². The Hall–Kier alpha value is -6.07. The molecule has 0 fully saturated rings. The standard InChI is InChI=1S/C39H25N5/c1-2-8-26(9-3-1)27-16-20-31(21-17-27)37-42-38(44-39(43-37)34-15-5-11-30-13-7-25-41-36(30)34)32-22-18-28(19-23-32)33-14-4-10-29-12-6-24-40-35(29)33/h1-25H. The highest BCUT2D eigenvalue weighted by atomic mass is 15.0. The second kappa shape index (κ2) is 11.0. The van der Waals surface area contributed by atoms with Crippen molar-refractivity contribution < 1.29 is 0 Å². The van der Waals surface area contributed by atoms with Gasteiger partial charge in [-0.25, -0.2) is 15.0 Å². The van der Waals surface area contributed by atoms with E-state index in [4.69, 9.17) is 15.0 Å². The van der Waals surface area contributed by atoms with Gasteiger partial charge in [-0.2, -0.15) is 0 Å². The minimum atomic E-state index is 0.587. The van der Waals surface area contributed by atoms with Gasteiger partial charge in [0.2, 0.25) is 0 Å². The molecule has 0 N–H and O–H groups in total. The molecule has 0 unspecified atom stereocenters. The van der Waals surface area contributed by atoms with Crippen molar-refractivity contribution in [2.45, 2.75) is 0 Å². The summed E-state index contributed by atoms with van der Waals surface area (Å²) in [5.74, 6) is 1.80. The summed E-state index contributed by atoms with van der Waals surface area (Å²) < 4.78 is 0. The second-order valence-electron chi connectivity index (χ2n) is 10.6. The van der Waals surface area contributed by atoms with Gasteiger partial charge in [0.15, 0.2) is 17.5 Å². The maximum atomic E-state index is 4.99. The molecule has 0 radical (unpaired) electrons. The van der Waals surface area contributed by atoms with Crippen LogP contribution in [0.4, 0.5) is 0 Å². The summed E-state index contributed by atoms with van der Waals surface area (Å²) in [6.07, 6.45) is 3.64. The number of fused-ring (bicyclic) bond motifs is 2. The van der Waals surface area contributed by atoms with Crippen LogP contribution in [-0.4, -0.2) is 24.9 Å². The monoisotopic (exact) mass is 563 g/mol. The lowest BCUT2D eigenvalue weighted by Gasteiger charge is -2.11. The molecule has 0 spiro atoms. The van der Waals surface area contributed by atoms with E-state index in [-0.39, 0.29) is 0 Å². The van der Waals surface area contributed by atoms with Gasteiger partial charge in [-0.3, -0.25) is 9.97 Å². The minimum Gasteiger partial charge on any atom is -0.256 e. The summed E-state index contributed by atoms with van der Waals surface area (Å²) in [5.41, 5.74) is 9.01. The van der Waals surface area contributed by atoms with E-state index in [0.717, 1.165) is 55.2 Å². The summed E-state index contributed by atoms with van der Waals surface area (Å²) in [6.45, 7) is 0. The van der Waals surface area contributed by atoms with Crippen molar-refractivity contribution in [3.63, 3.8) is 0 Å². The molecular formula is C39H25N5. The predicted molar refractivity (Wildman–Crippen MR) is 178 cm³/mol. The lowest BCUT2D eigenvalue weighted by molar-refractivity contribution is 1.07. The van der Waals surface area contributed by atoms with Crippen LogP contribution in [-0.2, 0) is 0 Å². The Kier molecular flexibility index (Phi) is 6.39. The van der Waals surface area contributed by atoms with Crippen LogP contribution in [0.3, 0.4) is 0 Å². The largest absolute Gasteiger partial charge is 0.256 e. The molecule has 8 rings (SSSR count). The molecule has 0 saturated heterocycles. The van der Waals surface area contributed by atoms with Crippen molar-refractivity contribution in [3.05, 3.63) is 152 Å². The maximum Gasteiger partial charge on any atom is 0.166 e. The number of hydrogen-bond acceptors (Lipinski definition) is 5. The zero-order chi connectivity index (χ0) is 29.3. The molecule has 0 amide bonds. The van der Waals surface area contributed by atoms with Gasteiger partial charge in [-0.1, -0.05) is 121 Å². The SMILES string of the molecule is c1ccc(-c2ccc(-c3nc(-c4ccc(-c5cccc6cccnc56)cc4)nc(-c4cccc5cccnc45)n3)cc2)cc1. The highest BCUT2D eigenvalue weighted by Gasteiger charge is 2.15. The third-order valence-electron chi connectivity index (χ3n) is 7.85. The number of aromatic nitrogens is 5. The fourth-order valence-corrected chi connectivity index (χ4v) is 5.62. The maximum absolute atomic E-state index is 4.99. The molecule has 5 heteroatoms. The zero-order valence-corrected chi connectivity index (χ0v) is 23.7. The van der Waals surface area contributed by atoms with Crippen molar-refractivity contribution in [2.24, 2.45) is 0 Å². The molecule has 8 aromatic rings. The molecule has 0 aliphatic rings.